The minimum atomic E-state index is -4.01. The highest BCUT2D eigenvalue weighted by Crippen LogP contribution is 2.21. The van der Waals surface area contributed by atoms with Crippen LogP contribution in [0.2, 0.25) is 0 Å². The molecule has 1 saturated heterocycles. The van der Waals surface area contributed by atoms with E-state index >= 15 is 0 Å². The topological polar surface area (TPSA) is 197 Å². The fourth-order valence-electron chi connectivity index (χ4n) is 4.68. The van der Waals surface area contributed by atoms with Gasteiger partial charge >= 0.3 is 5.97 Å². The van der Waals surface area contributed by atoms with Crippen molar-refractivity contribution in [2.24, 2.45) is 22.4 Å². The zero-order chi connectivity index (χ0) is 29.6. The number of benzene rings is 3. The van der Waals surface area contributed by atoms with E-state index in [0.29, 0.717) is 24.1 Å². The zero-order valence-electron chi connectivity index (χ0n) is 22.2. The van der Waals surface area contributed by atoms with Crippen LogP contribution in [0, 0.1) is 5.92 Å². The van der Waals surface area contributed by atoms with Crippen molar-refractivity contribution in [3.05, 3.63) is 72.3 Å². The lowest BCUT2D eigenvalue weighted by atomic mass is 9.96. The zero-order valence-corrected chi connectivity index (χ0v) is 23.0. The van der Waals surface area contributed by atoms with Gasteiger partial charge in [-0.1, -0.05) is 42.5 Å². The number of nitrogens with two attached hydrogens (primary N) is 2. The first kappa shape index (κ1) is 29.5. The Morgan fingerprint density at radius 2 is 1.63 bits per heavy atom. The Morgan fingerprint density at radius 1 is 0.976 bits per heavy atom. The second kappa shape index (κ2) is 12.8. The quantitative estimate of drug-likeness (QED) is 0.173. The number of carbonyl (C=O) groups is 3. The van der Waals surface area contributed by atoms with Crippen molar-refractivity contribution in [1.29, 1.82) is 0 Å². The van der Waals surface area contributed by atoms with Crippen LogP contribution in [0.5, 0.6) is 0 Å². The lowest BCUT2D eigenvalue weighted by molar-refractivity contribution is -0.146. The molecule has 13 heteroatoms. The summed E-state index contributed by atoms with van der Waals surface area (Å²) in [6, 6.07) is 17.7. The molecule has 0 aromatic heterocycles. The van der Waals surface area contributed by atoms with Crippen LogP contribution >= 0.6 is 0 Å². The lowest BCUT2D eigenvalue weighted by Gasteiger charge is -2.33. The number of nitrogens with zero attached hydrogens (tertiary/aromatic N) is 2. The van der Waals surface area contributed by atoms with E-state index in [2.05, 4.69) is 15.0 Å². The summed E-state index contributed by atoms with van der Waals surface area (Å²) in [7, 11) is -4.01. The molecule has 1 aliphatic rings. The Kier molecular flexibility index (Phi) is 9.20. The van der Waals surface area contributed by atoms with Gasteiger partial charge in [-0.15, -0.1) is 0 Å². The molecule has 1 unspecified atom stereocenters. The molecule has 7 N–H and O–H groups in total. The average molecular weight is 581 g/mol. The predicted molar refractivity (Wildman–Crippen MR) is 154 cm³/mol. The second-order valence-corrected chi connectivity index (χ2v) is 11.6. The van der Waals surface area contributed by atoms with Crippen molar-refractivity contribution < 1.29 is 27.9 Å². The van der Waals surface area contributed by atoms with Crippen LogP contribution in [-0.4, -0.2) is 67.8 Å². The molecule has 3 aromatic rings. The maximum atomic E-state index is 13.4. The van der Waals surface area contributed by atoms with Crippen molar-refractivity contribution in [3.63, 3.8) is 0 Å². The SMILES string of the molecule is NC(N)=Nc1ccc(CC(NC(=O)CNS(=O)(=O)c2ccc3ccccc3c2)C(=O)N2CCC(C(=O)O)CC2)cc1. The number of amides is 2. The van der Waals surface area contributed by atoms with Gasteiger partial charge in [-0.25, -0.2) is 18.1 Å². The number of nitrogens with one attached hydrogen (secondary N) is 2. The van der Waals surface area contributed by atoms with Crippen molar-refractivity contribution in [3.8, 4) is 0 Å². The molecule has 1 aliphatic heterocycles. The first-order chi connectivity index (χ1) is 19.5. The Labute approximate surface area is 237 Å². The largest absolute Gasteiger partial charge is 0.481 e. The van der Waals surface area contributed by atoms with E-state index in [0.717, 1.165) is 10.8 Å². The predicted octanol–water partition coefficient (Wildman–Crippen LogP) is 1.07. The third-order valence-electron chi connectivity index (χ3n) is 6.88. The van der Waals surface area contributed by atoms with Gasteiger partial charge in [0.05, 0.1) is 23.0 Å². The van der Waals surface area contributed by atoms with Crippen molar-refractivity contribution in [2.75, 3.05) is 19.6 Å². The first-order valence-electron chi connectivity index (χ1n) is 13.0. The number of piperidine rings is 1. The van der Waals surface area contributed by atoms with E-state index in [1.807, 2.05) is 12.1 Å². The standard InChI is InChI=1S/C28H32N6O6S/c29-28(30)32-22-8-5-18(6-9-22)15-24(26(36)34-13-11-20(12-14-34)27(37)38)33-25(35)17-31-41(39,40)23-10-7-19-3-1-2-4-21(19)16-23/h1-10,16,20,24,31H,11-15,17H2,(H,33,35)(H,37,38)(H4,29,30,32). The van der Waals surface area contributed by atoms with Gasteiger partial charge in [0, 0.05) is 19.5 Å². The maximum absolute atomic E-state index is 13.4. The van der Waals surface area contributed by atoms with E-state index in [-0.39, 0.29) is 36.3 Å². The van der Waals surface area contributed by atoms with Gasteiger partial charge in [-0.05, 0) is 53.4 Å². The molecule has 0 spiro atoms. The number of fused-ring (bicyclic) bond motifs is 1. The van der Waals surface area contributed by atoms with Crippen LogP contribution in [0.3, 0.4) is 0 Å². The fraction of sp³-hybridized carbons (Fsp3) is 0.286. The van der Waals surface area contributed by atoms with Crippen molar-refractivity contribution in [1.82, 2.24) is 14.9 Å². The molecule has 216 valence electrons. The molecule has 0 radical (unpaired) electrons. The summed E-state index contributed by atoms with van der Waals surface area (Å²) in [6.07, 6.45) is 0.726. The molecule has 0 aliphatic carbocycles. The van der Waals surface area contributed by atoms with Gasteiger partial charge in [0.1, 0.15) is 6.04 Å². The highest BCUT2D eigenvalue weighted by molar-refractivity contribution is 7.89. The number of carboxylic acids is 1. The van der Waals surface area contributed by atoms with Crippen LogP contribution in [0.4, 0.5) is 5.69 Å². The maximum Gasteiger partial charge on any atom is 0.306 e. The molecule has 1 fully saturated rings. The molecule has 12 nitrogen and oxygen atoms in total. The average Bonchev–Trinajstić information content (AvgIpc) is 2.96. The number of guanidine groups is 1. The van der Waals surface area contributed by atoms with Crippen LogP contribution in [0.1, 0.15) is 18.4 Å². The number of hydrogen-bond acceptors (Lipinski definition) is 6. The van der Waals surface area contributed by atoms with Crippen molar-refractivity contribution >= 4 is 50.2 Å². The van der Waals surface area contributed by atoms with Crippen LogP contribution < -0.4 is 21.5 Å². The summed E-state index contributed by atoms with van der Waals surface area (Å²) < 4.78 is 28.1. The van der Waals surface area contributed by atoms with Crippen molar-refractivity contribution in [2.45, 2.75) is 30.2 Å². The number of sulfonamides is 1. The van der Waals surface area contributed by atoms with E-state index in [1.54, 1.807) is 42.5 Å². The number of rotatable bonds is 10. The van der Waals surface area contributed by atoms with Gasteiger partial charge in [-0.3, -0.25) is 14.4 Å². The van der Waals surface area contributed by atoms with Gasteiger partial charge in [0.15, 0.2) is 5.96 Å². The van der Waals surface area contributed by atoms with Gasteiger partial charge in [0.25, 0.3) is 0 Å². The fourth-order valence-corrected chi connectivity index (χ4v) is 5.70. The summed E-state index contributed by atoms with van der Waals surface area (Å²) in [5.41, 5.74) is 12.0. The first-order valence-corrected chi connectivity index (χ1v) is 14.5. The normalized spacial score (nSPS) is 14.8. The van der Waals surface area contributed by atoms with E-state index in [9.17, 15) is 27.9 Å². The molecule has 0 saturated carbocycles. The third kappa shape index (κ3) is 7.80. The molecule has 1 heterocycles. The smallest absolute Gasteiger partial charge is 0.306 e. The van der Waals surface area contributed by atoms with Gasteiger partial charge < -0.3 is 26.8 Å². The Balaban J connectivity index is 1.46. The summed E-state index contributed by atoms with van der Waals surface area (Å²) in [5.74, 6) is -2.60. The van der Waals surface area contributed by atoms with Crippen LogP contribution in [-0.2, 0) is 30.8 Å². The summed E-state index contributed by atoms with van der Waals surface area (Å²) in [4.78, 5) is 43.2. The van der Waals surface area contributed by atoms with E-state index in [4.69, 9.17) is 11.5 Å². The number of hydrogen-bond donors (Lipinski definition) is 5. The molecular formula is C28H32N6O6S. The monoisotopic (exact) mass is 580 g/mol. The Morgan fingerprint density at radius 3 is 2.27 bits per heavy atom. The molecule has 0 bridgehead atoms. The molecular weight excluding hydrogens is 548 g/mol. The molecule has 41 heavy (non-hydrogen) atoms. The van der Waals surface area contributed by atoms with E-state index in [1.165, 1.54) is 17.0 Å². The van der Waals surface area contributed by atoms with Crippen LogP contribution in [0.25, 0.3) is 10.8 Å². The highest BCUT2D eigenvalue weighted by atomic mass is 32.2. The highest BCUT2D eigenvalue weighted by Gasteiger charge is 2.32. The minimum Gasteiger partial charge on any atom is -0.481 e. The van der Waals surface area contributed by atoms with Gasteiger partial charge in [0.2, 0.25) is 21.8 Å². The van der Waals surface area contributed by atoms with E-state index < -0.39 is 40.4 Å². The summed E-state index contributed by atoms with van der Waals surface area (Å²) in [6.45, 7) is -0.107. The molecule has 3 aromatic carbocycles. The molecule has 1 atom stereocenters. The van der Waals surface area contributed by atoms with Crippen LogP contribution in [0.15, 0.2) is 76.6 Å². The number of aliphatic imine (C=N–C) groups is 1. The number of carboxylic acid groups (broad SMARTS) is 1. The number of carbonyl (C=O) groups excluding carboxylic acids is 2. The lowest BCUT2D eigenvalue weighted by Crippen LogP contribution is -2.53. The number of likely N-dealkylation sites (tertiary alicyclic amines) is 1. The summed E-state index contributed by atoms with van der Waals surface area (Å²) >= 11 is 0. The summed E-state index contributed by atoms with van der Waals surface area (Å²) in [5, 5.41) is 13.6. The Bertz CT molecular complexity index is 1560. The minimum absolute atomic E-state index is 0.0128. The second-order valence-electron chi connectivity index (χ2n) is 9.80. The molecule has 4 rings (SSSR count). The van der Waals surface area contributed by atoms with Gasteiger partial charge in [-0.2, -0.15) is 0 Å². The third-order valence-corrected chi connectivity index (χ3v) is 8.28. The Hall–Kier alpha value is -4.49. The number of aliphatic carboxylic acids is 1. The molecule has 2 amide bonds.